The van der Waals surface area contributed by atoms with E-state index in [0.29, 0.717) is 17.5 Å². The van der Waals surface area contributed by atoms with Crippen molar-refractivity contribution in [3.05, 3.63) is 47.5 Å². The average Bonchev–Trinajstić information content (AvgIpc) is 2.70. The van der Waals surface area contributed by atoms with Crippen molar-refractivity contribution in [3.8, 4) is 0 Å². The molecule has 1 saturated heterocycles. The van der Waals surface area contributed by atoms with E-state index in [1.54, 1.807) is 12.1 Å². The molecule has 4 rings (SSSR count). The predicted molar refractivity (Wildman–Crippen MR) is 112 cm³/mol. The molecule has 29 heavy (non-hydrogen) atoms. The fraction of sp³-hybridized carbons (Fsp3) is 0.409. The van der Waals surface area contributed by atoms with Crippen LogP contribution in [0.5, 0.6) is 0 Å². The van der Waals surface area contributed by atoms with E-state index in [2.05, 4.69) is 11.9 Å². The molecular weight excluding hydrogens is 392 g/mol. The van der Waals surface area contributed by atoms with Gasteiger partial charge < -0.3 is 9.64 Å². The molecule has 0 saturated carbocycles. The second-order valence-corrected chi connectivity index (χ2v) is 7.57. The Morgan fingerprint density at radius 3 is 2.21 bits per heavy atom. The standard InChI is InChI=1S/C22H24N2O4.ClH/c1-23-13-10-16(11-14-23)28-19(25)9-4-12-24-21(26)17-7-2-5-15-6-3-8-18(20(15)17)22(24)27;/h2-3,5-8,16H,4,9-14H2,1H3;1H. The summed E-state index contributed by atoms with van der Waals surface area (Å²) in [5, 5.41) is 1.61. The lowest BCUT2D eigenvalue weighted by Gasteiger charge is -2.29. The Balaban J connectivity index is 0.00000240. The summed E-state index contributed by atoms with van der Waals surface area (Å²) in [6.45, 7) is 2.07. The topological polar surface area (TPSA) is 66.9 Å². The van der Waals surface area contributed by atoms with Gasteiger partial charge in [-0.1, -0.05) is 24.3 Å². The van der Waals surface area contributed by atoms with Crippen molar-refractivity contribution in [1.29, 1.82) is 0 Å². The number of imide groups is 1. The van der Waals surface area contributed by atoms with Crippen molar-refractivity contribution < 1.29 is 19.1 Å². The summed E-state index contributed by atoms with van der Waals surface area (Å²) in [5.74, 6) is -0.843. The maximum Gasteiger partial charge on any atom is 0.306 e. The minimum absolute atomic E-state index is 0. The summed E-state index contributed by atoms with van der Waals surface area (Å²) in [6, 6.07) is 11.0. The smallest absolute Gasteiger partial charge is 0.306 e. The van der Waals surface area contributed by atoms with Gasteiger partial charge >= 0.3 is 5.97 Å². The van der Waals surface area contributed by atoms with E-state index in [1.807, 2.05) is 24.3 Å². The van der Waals surface area contributed by atoms with Crippen LogP contribution in [0, 0.1) is 0 Å². The van der Waals surface area contributed by atoms with Crippen molar-refractivity contribution >= 4 is 41.0 Å². The first-order valence-electron chi connectivity index (χ1n) is 9.80. The lowest BCUT2D eigenvalue weighted by molar-refractivity contribution is -0.151. The third-order valence-electron chi connectivity index (χ3n) is 5.58. The van der Waals surface area contributed by atoms with Gasteiger partial charge in [-0.2, -0.15) is 0 Å². The molecule has 0 unspecified atom stereocenters. The van der Waals surface area contributed by atoms with Gasteiger partial charge in [-0.15, -0.1) is 12.4 Å². The maximum absolute atomic E-state index is 12.8. The molecule has 0 aliphatic carbocycles. The second-order valence-electron chi connectivity index (χ2n) is 7.57. The SMILES string of the molecule is CN1CCC(OC(=O)CCCN2C(=O)c3cccc4cccc(c34)C2=O)CC1.Cl. The van der Waals surface area contributed by atoms with Crippen LogP contribution >= 0.6 is 12.4 Å². The van der Waals surface area contributed by atoms with Crippen molar-refractivity contribution in [2.75, 3.05) is 26.7 Å². The van der Waals surface area contributed by atoms with E-state index in [0.717, 1.165) is 36.7 Å². The maximum atomic E-state index is 12.8. The minimum atomic E-state index is -0.294. The molecule has 2 aliphatic heterocycles. The van der Waals surface area contributed by atoms with Crippen molar-refractivity contribution in [2.24, 2.45) is 0 Å². The number of carbonyl (C=O) groups is 3. The molecule has 2 amide bonds. The van der Waals surface area contributed by atoms with Crippen molar-refractivity contribution in [1.82, 2.24) is 9.80 Å². The van der Waals surface area contributed by atoms with E-state index in [4.69, 9.17) is 4.74 Å². The van der Waals surface area contributed by atoms with E-state index in [9.17, 15) is 14.4 Å². The summed E-state index contributed by atoms with van der Waals surface area (Å²) in [6.07, 6.45) is 2.29. The third-order valence-corrected chi connectivity index (χ3v) is 5.58. The van der Waals surface area contributed by atoms with Gasteiger partial charge in [0, 0.05) is 42.6 Å². The minimum Gasteiger partial charge on any atom is -0.462 e. The van der Waals surface area contributed by atoms with Crippen LogP contribution in [0.2, 0.25) is 0 Å². The first kappa shape index (κ1) is 21.3. The Labute approximate surface area is 176 Å². The number of carbonyl (C=O) groups excluding carboxylic acids is 3. The molecule has 0 bridgehead atoms. The summed E-state index contributed by atoms with van der Waals surface area (Å²) in [7, 11) is 2.06. The van der Waals surface area contributed by atoms with Crippen LogP contribution < -0.4 is 0 Å². The number of hydrogen-bond donors (Lipinski definition) is 0. The molecule has 2 heterocycles. The normalized spacial score (nSPS) is 17.3. The molecule has 0 radical (unpaired) electrons. The number of nitrogens with zero attached hydrogens (tertiary/aromatic N) is 2. The fourth-order valence-corrected chi connectivity index (χ4v) is 4.01. The van der Waals surface area contributed by atoms with Gasteiger partial charge in [0.2, 0.25) is 0 Å². The first-order valence-corrected chi connectivity index (χ1v) is 9.80. The molecular formula is C22H25ClN2O4. The van der Waals surface area contributed by atoms with Gasteiger partial charge in [-0.05, 0) is 43.8 Å². The predicted octanol–water partition coefficient (Wildman–Crippen LogP) is 3.28. The quantitative estimate of drug-likeness (QED) is 0.552. The lowest BCUT2D eigenvalue weighted by Crippen LogP contribution is -2.41. The van der Waals surface area contributed by atoms with Gasteiger partial charge in [-0.3, -0.25) is 19.3 Å². The Bertz CT molecular complexity index is 887. The zero-order valence-corrected chi connectivity index (χ0v) is 17.2. The van der Waals surface area contributed by atoms with E-state index in [-0.39, 0.29) is 49.3 Å². The van der Waals surface area contributed by atoms with Gasteiger partial charge in [0.25, 0.3) is 11.8 Å². The van der Waals surface area contributed by atoms with Crippen LogP contribution in [0.3, 0.4) is 0 Å². The number of piperidine rings is 1. The number of ether oxygens (including phenoxy) is 1. The number of amides is 2. The van der Waals surface area contributed by atoms with Crippen LogP contribution in [-0.4, -0.2) is 60.4 Å². The molecule has 2 aromatic carbocycles. The zero-order valence-electron chi connectivity index (χ0n) is 16.4. The molecule has 0 atom stereocenters. The Kier molecular flexibility index (Phi) is 6.55. The largest absolute Gasteiger partial charge is 0.462 e. The van der Waals surface area contributed by atoms with E-state index < -0.39 is 0 Å². The zero-order chi connectivity index (χ0) is 19.7. The molecule has 6 nitrogen and oxygen atoms in total. The Morgan fingerprint density at radius 1 is 1.03 bits per heavy atom. The monoisotopic (exact) mass is 416 g/mol. The van der Waals surface area contributed by atoms with Crippen LogP contribution in [-0.2, 0) is 9.53 Å². The number of benzene rings is 2. The van der Waals surface area contributed by atoms with Crippen LogP contribution in [0.15, 0.2) is 36.4 Å². The molecule has 0 aromatic heterocycles. The number of rotatable bonds is 5. The van der Waals surface area contributed by atoms with Gasteiger partial charge in [0.15, 0.2) is 0 Å². The number of hydrogen-bond acceptors (Lipinski definition) is 5. The summed E-state index contributed by atoms with van der Waals surface area (Å²) >= 11 is 0. The summed E-state index contributed by atoms with van der Waals surface area (Å²) in [5.41, 5.74) is 1.09. The number of likely N-dealkylation sites (tertiary alicyclic amines) is 1. The highest BCUT2D eigenvalue weighted by atomic mass is 35.5. The summed E-state index contributed by atoms with van der Waals surface area (Å²) in [4.78, 5) is 41.2. The molecule has 7 heteroatoms. The molecule has 1 fully saturated rings. The average molecular weight is 417 g/mol. The fourth-order valence-electron chi connectivity index (χ4n) is 4.01. The molecule has 2 aromatic rings. The second kappa shape index (κ2) is 8.93. The van der Waals surface area contributed by atoms with Gasteiger partial charge in [0.1, 0.15) is 6.10 Å². The highest BCUT2D eigenvalue weighted by Gasteiger charge is 2.32. The lowest BCUT2D eigenvalue weighted by atomic mass is 9.94. The summed E-state index contributed by atoms with van der Waals surface area (Å²) < 4.78 is 5.53. The third kappa shape index (κ3) is 4.28. The van der Waals surface area contributed by atoms with Crippen LogP contribution in [0.4, 0.5) is 0 Å². The highest BCUT2D eigenvalue weighted by Crippen LogP contribution is 2.30. The molecule has 0 spiro atoms. The van der Waals surface area contributed by atoms with E-state index in [1.165, 1.54) is 4.90 Å². The molecule has 154 valence electrons. The van der Waals surface area contributed by atoms with Crippen molar-refractivity contribution in [3.63, 3.8) is 0 Å². The molecule has 0 N–H and O–H groups in total. The van der Waals surface area contributed by atoms with Crippen LogP contribution in [0.1, 0.15) is 46.4 Å². The first-order chi connectivity index (χ1) is 13.5. The Hall–Kier alpha value is -2.44. The highest BCUT2D eigenvalue weighted by molar-refractivity contribution is 6.25. The number of esters is 1. The van der Waals surface area contributed by atoms with E-state index >= 15 is 0 Å². The van der Waals surface area contributed by atoms with Gasteiger partial charge in [0.05, 0.1) is 0 Å². The van der Waals surface area contributed by atoms with Crippen LogP contribution in [0.25, 0.3) is 10.8 Å². The number of halogens is 1. The van der Waals surface area contributed by atoms with Gasteiger partial charge in [-0.25, -0.2) is 0 Å². The van der Waals surface area contributed by atoms with Crippen molar-refractivity contribution in [2.45, 2.75) is 31.8 Å². The molecule has 2 aliphatic rings. The Morgan fingerprint density at radius 2 is 1.62 bits per heavy atom.